The molecule has 0 bridgehead atoms. The monoisotopic (exact) mass is 521 g/mol. The summed E-state index contributed by atoms with van der Waals surface area (Å²) in [7, 11) is 0. The van der Waals surface area contributed by atoms with Gasteiger partial charge < -0.3 is 20.8 Å². The molecule has 1 fully saturated rings. The number of nitrogens with one attached hydrogen (secondary N) is 2. The first-order valence-electron chi connectivity index (χ1n) is 13.9. The van der Waals surface area contributed by atoms with Crippen LogP contribution in [-0.2, 0) is 22.4 Å². The van der Waals surface area contributed by atoms with E-state index in [1.165, 1.54) is 0 Å². The number of hydrogen-bond donors (Lipinski definition) is 4. The highest BCUT2D eigenvalue weighted by Crippen LogP contribution is 2.32. The second-order valence-corrected chi connectivity index (χ2v) is 12.0. The highest BCUT2D eigenvalue weighted by atomic mass is 16.3. The number of likely N-dealkylation sites (tertiary alicyclic amines) is 1. The second-order valence-electron chi connectivity index (χ2n) is 12.0. The van der Waals surface area contributed by atoms with E-state index < -0.39 is 24.2 Å². The van der Waals surface area contributed by atoms with Crippen molar-refractivity contribution in [1.29, 1.82) is 0 Å². The fourth-order valence-electron chi connectivity index (χ4n) is 5.83. The maximum atomic E-state index is 13.6. The van der Waals surface area contributed by atoms with Crippen LogP contribution in [0.3, 0.4) is 0 Å². The van der Waals surface area contributed by atoms with Crippen LogP contribution in [0, 0.1) is 5.92 Å². The Bertz CT molecular complexity index is 1080. The van der Waals surface area contributed by atoms with Gasteiger partial charge in [0.15, 0.2) is 0 Å². The van der Waals surface area contributed by atoms with Gasteiger partial charge in [0.25, 0.3) is 0 Å². The minimum Gasteiger partial charge on any atom is -0.392 e. The van der Waals surface area contributed by atoms with E-state index in [4.69, 9.17) is 0 Å². The molecule has 1 saturated heterocycles. The number of β-amino-alcohol motifs (C(OH)–C–C–N with tert-alkyl or cyclic N) is 1. The number of hydrogen-bond acceptors (Lipinski definition) is 5. The number of carbonyl (C=O) groups excluding carboxylic acids is 2. The Labute approximate surface area is 226 Å². The largest absolute Gasteiger partial charge is 0.392 e. The van der Waals surface area contributed by atoms with E-state index in [0.29, 0.717) is 19.4 Å². The summed E-state index contributed by atoms with van der Waals surface area (Å²) in [5, 5.41) is 28.1. The highest BCUT2D eigenvalue weighted by Gasteiger charge is 2.35. The van der Waals surface area contributed by atoms with E-state index in [0.717, 1.165) is 42.5 Å². The topological polar surface area (TPSA) is 102 Å². The Morgan fingerprint density at radius 2 is 1.76 bits per heavy atom. The first-order valence-corrected chi connectivity index (χ1v) is 13.9. The number of benzene rings is 2. The number of piperidine rings is 1. The summed E-state index contributed by atoms with van der Waals surface area (Å²) in [5.41, 5.74) is 2.71. The van der Waals surface area contributed by atoms with Crippen molar-refractivity contribution in [2.45, 2.75) is 89.1 Å². The predicted octanol–water partition coefficient (Wildman–Crippen LogP) is 3.14. The average molecular weight is 522 g/mol. The zero-order valence-corrected chi connectivity index (χ0v) is 22.9. The van der Waals surface area contributed by atoms with Gasteiger partial charge in [-0.2, -0.15) is 0 Å². The Morgan fingerprint density at radius 1 is 1.05 bits per heavy atom. The third-order valence-corrected chi connectivity index (χ3v) is 7.61. The zero-order valence-electron chi connectivity index (χ0n) is 22.9. The molecule has 4 rings (SSSR count). The molecule has 7 nitrogen and oxygen atoms in total. The molecule has 0 saturated carbocycles. The summed E-state index contributed by atoms with van der Waals surface area (Å²) in [4.78, 5) is 28.7. The summed E-state index contributed by atoms with van der Waals surface area (Å²) < 4.78 is 0. The first kappa shape index (κ1) is 28.3. The van der Waals surface area contributed by atoms with E-state index in [-0.39, 0.29) is 29.8 Å². The smallest absolute Gasteiger partial charge is 0.237 e. The van der Waals surface area contributed by atoms with Crippen molar-refractivity contribution in [3.05, 3.63) is 71.3 Å². The number of nitrogens with zero attached hydrogens (tertiary/aromatic N) is 1. The molecule has 0 unspecified atom stereocenters. The van der Waals surface area contributed by atoms with Crippen molar-refractivity contribution < 1.29 is 19.8 Å². The summed E-state index contributed by atoms with van der Waals surface area (Å²) >= 11 is 0. The molecule has 38 heavy (non-hydrogen) atoms. The number of rotatable bonds is 9. The summed E-state index contributed by atoms with van der Waals surface area (Å²) in [6.45, 7) is 7.01. The third kappa shape index (κ3) is 7.43. The van der Waals surface area contributed by atoms with Crippen molar-refractivity contribution in [1.82, 2.24) is 15.5 Å². The molecule has 4 N–H and O–H groups in total. The summed E-state index contributed by atoms with van der Waals surface area (Å²) in [6, 6.07) is 16.9. The normalized spacial score (nSPS) is 23.3. The molecular formula is C31H43N3O4. The Morgan fingerprint density at radius 3 is 2.50 bits per heavy atom. The van der Waals surface area contributed by atoms with Crippen molar-refractivity contribution in [3.8, 4) is 0 Å². The molecule has 5 atom stereocenters. The minimum absolute atomic E-state index is 0.00290. The van der Waals surface area contributed by atoms with E-state index in [2.05, 4.69) is 15.5 Å². The molecule has 0 spiro atoms. The molecule has 2 amide bonds. The predicted molar refractivity (Wildman–Crippen MR) is 148 cm³/mol. The van der Waals surface area contributed by atoms with Crippen LogP contribution in [0.15, 0.2) is 54.6 Å². The zero-order chi connectivity index (χ0) is 27.3. The van der Waals surface area contributed by atoms with Gasteiger partial charge in [-0.1, -0.05) is 61.0 Å². The average Bonchev–Trinajstić information content (AvgIpc) is 3.18. The third-order valence-electron chi connectivity index (χ3n) is 7.61. The van der Waals surface area contributed by atoms with Crippen LogP contribution in [0.2, 0.25) is 0 Å². The molecule has 2 aliphatic rings. The molecule has 2 aromatic carbocycles. The highest BCUT2D eigenvalue weighted by molar-refractivity contribution is 5.82. The lowest BCUT2D eigenvalue weighted by Gasteiger charge is -2.37. The van der Waals surface area contributed by atoms with Gasteiger partial charge in [0, 0.05) is 24.4 Å². The molecule has 206 valence electrons. The number of amides is 2. The molecule has 2 aromatic rings. The fraction of sp³-hybridized carbons (Fsp3) is 0.548. The molecule has 1 heterocycles. The Kier molecular flexibility index (Phi) is 9.23. The van der Waals surface area contributed by atoms with Crippen LogP contribution in [0.25, 0.3) is 0 Å². The van der Waals surface area contributed by atoms with Crippen molar-refractivity contribution in [3.63, 3.8) is 0 Å². The number of aliphatic hydroxyl groups is 2. The van der Waals surface area contributed by atoms with Gasteiger partial charge in [0.2, 0.25) is 11.8 Å². The van der Waals surface area contributed by atoms with Crippen LogP contribution in [0.4, 0.5) is 0 Å². The Hall–Kier alpha value is -2.74. The van der Waals surface area contributed by atoms with Gasteiger partial charge in [-0.15, -0.1) is 0 Å². The number of carbonyl (C=O) groups is 2. The number of fused-ring (bicyclic) bond motifs is 1. The first-order chi connectivity index (χ1) is 18.1. The van der Waals surface area contributed by atoms with E-state index in [1.54, 1.807) is 0 Å². The fourth-order valence-corrected chi connectivity index (χ4v) is 5.83. The molecule has 1 aliphatic heterocycles. The SMILES string of the molecule is CC(C)(C)NC(=O)[C@@H]1CCCCN1C[C@@H](O)C[C@@H](Cc1ccccc1)C(=O)N[C@H]1c2ccccc2C[C@H]1O. The van der Waals surface area contributed by atoms with Gasteiger partial charge in [0.1, 0.15) is 0 Å². The van der Waals surface area contributed by atoms with Crippen LogP contribution in [0.1, 0.15) is 69.2 Å². The molecule has 7 heteroatoms. The van der Waals surface area contributed by atoms with Crippen LogP contribution < -0.4 is 10.6 Å². The minimum atomic E-state index is -0.765. The van der Waals surface area contributed by atoms with Gasteiger partial charge in [-0.25, -0.2) is 0 Å². The maximum Gasteiger partial charge on any atom is 0.237 e. The van der Waals surface area contributed by atoms with E-state index in [9.17, 15) is 19.8 Å². The molecule has 0 radical (unpaired) electrons. The second kappa shape index (κ2) is 12.4. The molecular weight excluding hydrogens is 478 g/mol. The van der Waals surface area contributed by atoms with Crippen molar-refractivity contribution in [2.75, 3.05) is 13.1 Å². The van der Waals surface area contributed by atoms with Gasteiger partial charge in [0.05, 0.1) is 24.3 Å². The molecule has 0 aromatic heterocycles. The quantitative estimate of drug-likeness (QED) is 0.406. The van der Waals surface area contributed by atoms with Crippen LogP contribution in [-0.4, -0.2) is 63.8 Å². The van der Waals surface area contributed by atoms with Crippen LogP contribution in [0.5, 0.6) is 0 Å². The summed E-state index contributed by atoms with van der Waals surface area (Å²) in [5.74, 6) is -0.648. The molecule has 1 aliphatic carbocycles. The lowest BCUT2D eigenvalue weighted by Crippen LogP contribution is -2.55. The summed E-state index contributed by atoms with van der Waals surface area (Å²) in [6.07, 6.45) is 2.57. The van der Waals surface area contributed by atoms with Crippen molar-refractivity contribution >= 4 is 11.8 Å². The standard InChI is InChI=1S/C31H43N3O4/c1-31(2,3)33-30(38)26-15-9-10-16-34(26)20-24(35)18-23(17-21-11-5-4-6-12-21)29(37)32-28-25-14-8-7-13-22(25)19-27(28)36/h4-8,11-14,23-24,26-28,35-36H,9-10,15-20H2,1-3H3,(H,32,37)(H,33,38)/t23-,24+,26+,27-,28+/m1/s1. The van der Waals surface area contributed by atoms with Crippen molar-refractivity contribution in [2.24, 2.45) is 5.92 Å². The Balaban J connectivity index is 1.45. The van der Waals surface area contributed by atoms with E-state index >= 15 is 0 Å². The van der Waals surface area contributed by atoms with Gasteiger partial charge in [-0.3, -0.25) is 14.5 Å². The van der Waals surface area contributed by atoms with E-state index in [1.807, 2.05) is 75.4 Å². The number of aliphatic hydroxyl groups excluding tert-OH is 2. The lowest BCUT2D eigenvalue weighted by atomic mass is 9.91. The lowest BCUT2D eigenvalue weighted by molar-refractivity contribution is -0.131. The van der Waals surface area contributed by atoms with Crippen LogP contribution >= 0.6 is 0 Å². The van der Waals surface area contributed by atoms with Gasteiger partial charge >= 0.3 is 0 Å². The maximum absolute atomic E-state index is 13.6. The van der Waals surface area contributed by atoms with Gasteiger partial charge in [-0.05, 0) is 69.7 Å².